The predicted molar refractivity (Wildman–Crippen MR) is 82.7 cm³/mol. The van der Waals surface area contributed by atoms with Gasteiger partial charge < -0.3 is 19.7 Å². The zero-order chi connectivity index (χ0) is 15.1. The van der Waals surface area contributed by atoms with Crippen LogP contribution in [-0.2, 0) is 19.3 Å². The van der Waals surface area contributed by atoms with Gasteiger partial charge in [-0.05, 0) is 25.3 Å². The highest BCUT2D eigenvalue weighted by atomic mass is 16.5. The van der Waals surface area contributed by atoms with Crippen LogP contribution >= 0.6 is 0 Å². The van der Waals surface area contributed by atoms with Crippen LogP contribution in [0.3, 0.4) is 0 Å². The van der Waals surface area contributed by atoms with E-state index >= 15 is 0 Å². The van der Waals surface area contributed by atoms with Gasteiger partial charge in [0.25, 0.3) is 0 Å². The Morgan fingerprint density at radius 1 is 1.32 bits per heavy atom. The van der Waals surface area contributed by atoms with E-state index < -0.39 is 0 Å². The molecule has 5 nitrogen and oxygen atoms in total. The molecular weight excluding hydrogens is 280 g/mol. The van der Waals surface area contributed by atoms with Gasteiger partial charge in [-0.2, -0.15) is 0 Å². The van der Waals surface area contributed by atoms with E-state index in [-0.39, 0.29) is 6.03 Å². The summed E-state index contributed by atoms with van der Waals surface area (Å²) in [6.45, 7) is 2.21. The molecule has 1 aromatic rings. The van der Waals surface area contributed by atoms with E-state index in [1.165, 1.54) is 16.7 Å². The van der Waals surface area contributed by atoms with Gasteiger partial charge in [0.2, 0.25) is 0 Å². The third-order valence-electron chi connectivity index (χ3n) is 4.71. The smallest absolute Gasteiger partial charge is 0.317 e. The molecule has 2 aliphatic heterocycles. The molecule has 0 unspecified atom stereocenters. The van der Waals surface area contributed by atoms with E-state index in [9.17, 15) is 4.79 Å². The van der Waals surface area contributed by atoms with E-state index in [0.29, 0.717) is 12.6 Å². The molecule has 1 fully saturated rings. The van der Waals surface area contributed by atoms with Gasteiger partial charge in [-0.25, -0.2) is 4.79 Å². The summed E-state index contributed by atoms with van der Waals surface area (Å²) in [5, 5.41) is 3.03. The van der Waals surface area contributed by atoms with Crippen molar-refractivity contribution in [3.63, 3.8) is 0 Å². The number of nitrogens with one attached hydrogen (secondary N) is 1. The lowest BCUT2D eigenvalue weighted by atomic mass is 9.97. The average molecular weight is 302 g/mol. The molecule has 1 aromatic carbocycles. The fourth-order valence-electron chi connectivity index (χ4n) is 3.24. The highest BCUT2D eigenvalue weighted by Gasteiger charge is 2.28. The number of carbonyl (C=O) groups excluding carboxylic acids is 1. The van der Waals surface area contributed by atoms with Crippen LogP contribution in [0, 0.1) is 0 Å². The molecule has 0 saturated heterocycles. The monoisotopic (exact) mass is 302 g/mol. The number of likely N-dealkylation sites (N-methyl/N-ethyl adjacent to an activating group) is 1. The molecule has 2 amide bonds. The lowest BCUT2D eigenvalue weighted by Crippen LogP contribution is -2.39. The molecule has 3 aliphatic rings. The molecule has 22 heavy (non-hydrogen) atoms. The number of urea groups is 1. The molecule has 1 saturated carbocycles. The van der Waals surface area contributed by atoms with Crippen molar-refractivity contribution >= 4 is 6.03 Å². The number of rotatable bonds is 4. The van der Waals surface area contributed by atoms with E-state index in [0.717, 1.165) is 56.8 Å². The van der Waals surface area contributed by atoms with Crippen molar-refractivity contribution in [1.82, 2.24) is 10.2 Å². The Balaban J connectivity index is 1.49. The molecule has 0 aromatic heterocycles. The van der Waals surface area contributed by atoms with Gasteiger partial charge in [-0.3, -0.25) is 0 Å². The standard InChI is InChI=1S/C17H22N2O3/c1-19(17(20)18-12-2-3-12)7-4-14-13-6-9-21-15(13)10-11-5-8-22-16(11)14/h10,12H,2-9H2,1H3,(H,18,20). The fraction of sp³-hybridized carbons (Fsp3) is 0.588. The SMILES string of the molecule is CN(CCc1c2c(cc3c1OCC3)OCC2)C(=O)NC1CC1. The lowest BCUT2D eigenvalue weighted by Gasteiger charge is -2.19. The molecular formula is C17H22N2O3. The molecule has 0 spiro atoms. The van der Waals surface area contributed by atoms with Crippen LogP contribution in [0.1, 0.15) is 29.5 Å². The average Bonchev–Trinajstić information content (AvgIpc) is 3.01. The van der Waals surface area contributed by atoms with Crippen molar-refractivity contribution in [1.29, 1.82) is 0 Å². The first-order valence-corrected chi connectivity index (χ1v) is 8.17. The van der Waals surface area contributed by atoms with Gasteiger partial charge in [0, 0.05) is 49.2 Å². The molecule has 4 rings (SSSR count). The van der Waals surface area contributed by atoms with E-state index in [2.05, 4.69) is 11.4 Å². The van der Waals surface area contributed by atoms with Crippen molar-refractivity contribution in [3.8, 4) is 11.5 Å². The Bertz CT molecular complexity index is 578. The van der Waals surface area contributed by atoms with E-state index in [1.807, 2.05) is 7.05 Å². The molecule has 118 valence electrons. The van der Waals surface area contributed by atoms with Gasteiger partial charge in [0.15, 0.2) is 0 Å². The largest absolute Gasteiger partial charge is 0.493 e. The van der Waals surface area contributed by atoms with Crippen LogP contribution < -0.4 is 14.8 Å². The Labute approximate surface area is 130 Å². The third-order valence-corrected chi connectivity index (χ3v) is 4.71. The van der Waals surface area contributed by atoms with Crippen molar-refractivity contribution in [2.24, 2.45) is 0 Å². The second-order valence-electron chi connectivity index (χ2n) is 6.41. The number of amides is 2. The maximum absolute atomic E-state index is 12.0. The van der Waals surface area contributed by atoms with Crippen LogP contribution in [0.2, 0.25) is 0 Å². The maximum Gasteiger partial charge on any atom is 0.317 e. The quantitative estimate of drug-likeness (QED) is 0.924. The Morgan fingerprint density at radius 3 is 2.95 bits per heavy atom. The lowest BCUT2D eigenvalue weighted by molar-refractivity contribution is 0.208. The molecule has 1 aliphatic carbocycles. The van der Waals surface area contributed by atoms with Crippen LogP contribution in [0.15, 0.2) is 6.07 Å². The Kier molecular flexibility index (Phi) is 3.36. The summed E-state index contributed by atoms with van der Waals surface area (Å²) in [4.78, 5) is 13.8. The summed E-state index contributed by atoms with van der Waals surface area (Å²) in [6.07, 6.45) is 4.95. The Hall–Kier alpha value is -1.91. The summed E-state index contributed by atoms with van der Waals surface area (Å²) in [7, 11) is 1.86. The number of ether oxygens (including phenoxy) is 2. The summed E-state index contributed by atoms with van der Waals surface area (Å²) in [6, 6.07) is 2.57. The second kappa shape index (κ2) is 5.38. The summed E-state index contributed by atoms with van der Waals surface area (Å²) in [5.74, 6) is 2.06. The predicted octanol–water partition coefficient (Wildman–Crippen LogP) is 1.90. The van der Waals surface area contributed by atoms with Crippen LogP contribution in [0.25, 0.3) is 0 Å². The van der Waals surface area contributed by atoms with Crippen molar-refractivity contribution < 1.29 is 14.3 Å². The summed E-state index contributed by atoms with van der Waals surface area (Å²) >= 11 is 0. The fourth-order valence-corrected chi connectivity index (χ4v) is 3.24. The first-order chi connectivity index (χ1) is 10.7. The molecule has 1 N–H and O–H groups in total. The normalized spacial score (nSPS) is 18.2. The van der Waals surface area contributed by atoms with E-state index in [4.69, 9.17) is 9.47 Å². The van der Waals surface area contributed by atoms with Crippen LogP contribution in [0.4, 0.5) is 4.79 Å². The summed E-state index contributed by atoms with van der Waals surface area (Å²) < 4.78 is 11.6. The second-order valence-corrected chi connectivity index (χ2v) is 6.41. The number of nitrogens with zero attached hydrogens (tertiary/aromatic N) is 1. The molecule has 2 heterocycles. The summed E-state index contributed by atoms with van der Waals surface area (Å²) in [5.41, 5.74) is 3.77. The molecule has 0 atom stereocenters. The molecule has 5 heteroatoms. The van der Waals surface area contributed by atoms with Gasteiger partial charge in [0.1, 0.15) is 11.5 Å². The number of hydrogen-bond acceptors (Lipinski definition) is 3. The zero-order valence-electron chi connectivity index (χ0n) is 13.0. The number of fused-ring (bicyclic) bond motifs is 2. The zero-order valence-corrected chi connectivity index (χ0v) is 13.0. The van der Waals surface area contributed by atoms with E-state index in [1.54, 1.807) is 4.90 Å². The minimum Gasteiger partial charge on any atom is -0.493 e. The highest BCUT2D eigenvalue weighted by Crippen LogP contribution is 2.40. The minimum atomic E-state index is 0.0314. The van der Waals surface area contributed by atoms with Crippen molar-refractivity contribution in [2.45, 2.75) is 38.1 Å². The van der Waals surface area contributed by atoms with Crippen LogP contribution in [0.5, 0.6) is 11.5 Å². The van der Waals surface area contributed by atoms with Gasteiger partial charge in [-0.1, -0.05) is 0 Å². The number of benzene rings is 1. The van der Waals surface area contributed by atoms with Gasteiger partial charge >= 0.3 is 6.03 Å². The highest BCUT2D eigenvalue weighted by molar-refractivity contribution is 5.74. The van der Waals surface area contributed by atoms with Gasteiger partial charge in [0.05, 0.1) is 13.2 Å². The Morgan fingerprint density at radius 2 is 2.14 bits per heavy atom. The van der Waals surface area contributed by atoms with Gasteiger partial charge in [-0.15, -0.1) is 0 Å². The number of carbonyl (C=O) groups is 1. The first kappa shape index (κ1) is 13.7. The minimum absolute atomic E-state index is 0.0314. The number of hydrogen-bond donors (Lipinski definition) is 1. The molecule has 0 bridgehead atoms. The van der Waals surface area contributed by atoms with Crippen molar-refractivity contribution in [3.05, 3.63) is 22.8 Å². The first-order valence-electron chi connectivity index (χ1n) is 8.17. The van der Waals surface area contributed by atoms with Crippen molar-refractivity contribution in [2.75, 3.05) is 26.8 Å². The third kappa shape index (κ3) is 2.49. The molecule has 0 radical (unpaired) electrons. The topological polar surface area (TPSA) is 50.8 Å². The van der Waals surface area contributed by atoms with Crippen LogP contribution in [-0.4, -0.2) is 43.8 Å². The maximum atomic E-state index is 12.0.